The molecular weight excluding hydrogens is 346 g/mol. The fraction of sp³-hybridized carbons (Fsp3) is 0.385. The number of nitrogens with zero attached hydrogens (tertiary/aromatic N) is 2. The summed E-state index contributed by atoms with van der Waals surface area (Å²) >= 11 is 11.0. The first kappa shape index (κ1) is 14.8. The fourth-order valence-electron chi connectivity index (χ4n) is 1.58. The van der Waals surface area contributed by atoms with Crippen molar-refractivity contribution in [2.45, 2.75) is 26.8 Å². The molecule has 6 heteroatoms. The predicted molar refractivity (Wildman–Crippen MR) is 84.9 cm³/mol. The van der Waals surface area contributed by atoms with Crippen LogP contribution < -0.4 is 5.32 Å². The molecule has 102 valence electrons. The van der Waals surface area contributed by atoms with Gasteiger partial charge in [-0.1, -0.05) is 42.9 Å². The van der Waals surface area contributed by atoms with E-state index in [0.29, 0.717) is 12.5 Å². The highest BCUT2D eigenvalue weighted by Gasteiger charge is 2.06. The van der Waals surface area contributed by atoms with Crippen LogP contribution in [0.2, 0.25) is 5.02 Å². The third-order valence-electron chi connectivity index (χ3n) is 2.48. The van der Waals surface area contributed by atoms with Crippen molar-refractivity contribution in [3.05, 3.63) is 38.3 Å². The van der Waals surface area contributed by atoms with Crippen LogP contribution in [0.4, 0.5) is 5.13 Å². The summed E-state index contributed by atoms with van der Waals surface area (Å²) in [5.41, 5.74) is 1.12. The van der Waals surface area contributed by atoms with Crippen molar-refractivity contribution in [3.63, 3.8) is 0 Å². The van der Waals surface area contributed by atoms with Crippen LogP contribution in [-0.2, 0) is 13.0 Å². The monoisotopic (exact) mass is 359 g/mol. The Morgan fingerprint density at radius 2 is 2.16 bits per heavy atom. The lowest BCUT2D eigenvalue weighted by Crippen LogP contribution is -1.98. The van der Waals surface area contributed by atoms with Gasteiger partial charge in [0.25, 0.3) is 0 Å². The van der Waals surface area contributed by atoms with E-state index >= 15 is 0 Å². The van der Waals surface area contributed by atoms with Crippen LogP contribution in [-0.4, -0.2) is 10.2 Å². The molecule has 2 aromatic rings. The molecule has 0 aliphatic heterocycles. The first-order valence-corrected chi connectivity index (χ1v) is 8.03. The quantitative estimate of drug-likeness (QED) is 0.835. The second-order valence-corrected chi connectivity index (χ2v) is 7.02. The Bertz CT molecular complexity index is 557. The second kappa shape index (κ2) is 6.68. The highest BCUT2D eigenvalue weighted by molar-refractivity contribution is 9.10. The maximum atomic E-state index is 6.06. The van der Waals surface area contributed by atoms with Gasteiger partial charge in [-0.25, -0.2) is 0 Å². The molecule has 1 heterocycles. The van der Waals surface area contributed by atoms with E-state index in [2.05, 4.69) is 45.3 Å². The molecule has 0 bridgehead atoms. The number of aromatic nitrogens is 2. The molecule has 1 aromatic heterocycles. The zero-order chi connectivity index (χ0) is 13.8. The van der Waals surface area contributed by atoms with Crippen LogP contribution >= 0.6 is 38.9 Å². The molecule has 2 rings (SSSR count). The smallest absolute Gasteiger partial charge is 0.205 e. The minimum atomic E-state index is 0.603. The standard InChI is InChI=1S/C13H15BrClN3S/c1-8(2)5-12-17-18-13(19-12)16-7-9-3-4-10(14)11(15)6-9/h3-4,6,8H,5,7H2,1-2H3,(H,16,18). The van der Waals surface area contributed by atoms with E-state index in [1.165, 1.54) is 0 Å². The molecule has 0 atom stereocenters. The van der Waals surface area contributed by atoms with Crippen LogP contribution in [0.1, 0.15) is 24.4 Å². The molecule has 0 saturated heterocycles. The summed E-state index contributed by atoms with van der Waals surface area (Å²) in [6.07, 6.45) is 0.976. The molecule has 0 aliphatic rings. The van der Waals surface area contributed by atoms with Crippen LogP contribution in [0.25, 0.3) is 0 Å². The van der Waals surface area contributed by atoms with E-state index in [9.17, 15) is 0 Å². The first-order chi connectivity index (χ1) is 9.04. The summed E-state index contributed by atoms with van der Waals surface area (Å²) in [5, 5.41) is 14.2. The molecule has 0 radical (unpaired) electrons. The zero-order valence-electron chi connectivity index (χ0n) is 10.8. The van der Waals surface area contributed by atoms with Crippen molar-refractivity contribution in [3.8, 4) is 0 Å². The third kappa shape index (κ3) is 4.44. The highest BCUT2D eigenvalue weighted by atomic mass is 79.9. The highest BCUT2D eigenvalue weighted by Crippen LogP contribution is 2.24. The Hall–Kier alpha value is -0.650. The van der Waals surface area contributed by atoms with Crippen molar-refractivity contribution in [1.82, 2.24) is 10.2 Å². The van der Waals surface area contributed by atoms with E-state index in [1.807, 2.05) is 18.2 Å². The summed E-state index contributed by atoms with van der Waals surface area (Å²) in [6.45, 7) is 5.06. The van der Waals surface area contributed by atoms with Crippen LogP contribution in [0.15, 0.2) is 22.7 Å². The SMILES string of the molecule is CC(C)Cc1nnc(NCc2ccc(Br)c(Cl)c2)s1. The molecule has 3 nitrogen and oxygen atoms in total. The molecule has 0 spiro atoms. The minimum absolute atomic E-state index is 0.603. The average Bonchev–Trinajstić information content (AvgIpc) is 2.77. The molecule has 0 amide bonds. The molecular formula is C13H15BrClN3S. The second-order valence-electron chi connectivity index (χ2n) is 4.70. The topological polar surface area (TPSA) is 37.8 Å². The third-order valence-corrected chi connectivity index (χ3v) is 4.61. The van der Waals surface area contributed by atoms with E-state index < -0.39 is 0 Å². The van der Waals surface area contributed by atoms with Crippen molar-refractivity contribution in [2.75, 3.05) is 5.32 Å². The van der Waals surface area contributed by atoms with Gasteiger partial charge in [0.15, 0.2) is 0 Å². The summed E-state index contributed by atoms with van der Waals surface area (Å²) < 4.78 is 0.910. The Morgan fingerprint density at radius 3 is 2.84 bits per heavy atom. The van der Waals surface area contributed by atoms with Crippen molar-refractivity contribution < 1.29 is 0 Å². The van der Waals surface area contributed by atoms with Crippen LogP contribution in [0, 0.1) is 5.92 Å². The Balaban J connectivity index is 1.94. The number of hydrogen-bond donors (Lipinski definition) is 1. The van der Waals surface area contributed by atoms with Gasteiger partial charge in [0, 0.05) is 17.4 Å². The van der Waals surface area contributed by atoms with Crippen molar-refractivity contribution in [2.24, 2.45) is 5.92 Å². The molecule has 0 aliphatic carbocycles. The lowest BCUT2D eigenvalue weighted by atomic mass is 10.1. The van der Waals surface area contributed by atoms with E-state index in [-0.39, 0.29) is 0 Å². The van der Waals surface area contributed by atoms with Gasteiger partial charge >= 0.3 is 0 Å². The Labute approximate surface area is 130 Å². The van der Waals surface area contributed by atoms with Gasteiger partial charge in [-0.15, -0.1) is 10.2 Å². The van der Waals surface area contributed by atoms with Gasteiger partial charge in [-0.2, -0.15) is 0 Å². The van der Waals surface area contributed by atoms with Crippen molar-refractivity contribution >= 4 is 44.0 Å². The number of nitrogens with one attached hydrogen (secondary N) is 1. The average molecular weight is 361 g/mol. The van der Waals surface area contributed by atoms with E-state index in [0.717, 1.165) is 31.6 Å². The van der Waals surface area contributed by atoms with Crippen molar-refractivity contribution in [1.29, 1.82) is 0 Å². The molecule has 1 N–H and O–H groups in total. The van der Waals surface area contributed by atoms with Gasteiger partial charge in [-0.3, -0.25) is 0 Å². The molecule has 0 unspecified atom stereocenters. The van der Waals surface area contributed by atoms with Crippen LogP contribution in [0.3, 0.4) is 0 Å². The van der Waals surface area contributed by atoms with Gasteiger partial charge in [0.1, 0.15) is 5.01 Å². The summed E-state index contributed by atoms with van der Waals surface area (Å²) in [4.78, 5) is 0. The normalized spacial score (nSPS) is 11.0. The molecule has 1 aromatic carbocycles. The minimum Gasteiger partial charge on any atom is -0.356 e. The first-order valence-electron chi connectivity index (χ1n) is 6.05. The lowest BCUT2D eigenvalue weighted by molar-refractivity contribution is 0.640. The fourth-order valence-corrected chi connectivity index (χ4v) is 2.98. The maximum absolute atomic E-state index is 6.06. The lowest BCUT2D eigenvalue weighted by Gasteiger charge is -2.04. The van der Waals surface area contributed by atoms with E-state index in [1.54, 1.807) is 11.3 Å². The summed E-state index contributed by atoms with van der Waals surface area (Å²) in [7, 11) is 0. The van der Waals surface area contributed by atoms with Gasteiger partial charge in [0.2, 0.25) is 5.13 Å². The largest absolute Gasteiger partial charge is 0.356 e. The van der Waals surface area contributed by atoms with Crippen LogP contribution in [0.5, 0.6) is 0 Å². The molecule has 0 saturated carbocycles. The van der Waals surface area contributed by atoms with Gasteiger partial charge < -0.3 is 5.32 Å². The van der Waals surface area contributed by atoms with Gasteiger partial charge in [-0.05, 0) is 39.5 Å². The van der Waals surface area contributed by atoms with Gasteiger partial charge in [0.05, 0.1) is 5.02 Å². The maximum Gasteiger partial charge on any atom is 0.205 e. The number of anilines is 1. The Morgan fingerprint density at radius 1 is 1.37 bits per heavy atom. The zero-order valence-corrected chi connectivity index (χ0v) is 13.9. The number of hydrogen-bond acceptors (Lipinski definition) is 4. The summed E-state index contributed by atoms with van der Waals surface area (Å²) in [6, 6.07) is 5.91. The molecule has 19 heavy (non-hydrogen) atoms. The Kier molecular flexibility index (Phi) is 5.19. The van der Waals surface area contributed by atoms with E-state index in [4.69, 9.17) is 11.6 Å². The summed E-state index contributed by atoms with van der Waals surface area (Å²) in [5.74, 6) is 0.603. The number of rotatable bonds is 5. The number of halogens is 2. The molecule has 0 fully saturated rings. The number of benzene rings is 1. The predicted octanol–water partition coefficient (Wildman–Crippen LogP) is 4.76.